The maximum Gasteiger partial charge on any atom is 0.155 e. The van der Waals surface area contributed by atoms with Crippen LogP contribution in [0.3, 0.4) is 0 Å². The largest absolute Gasteiger partial charge is 0.386 e. The van der Waals surface area contributed by atoms with Crippen LogP contribution in [0.25, 0.3) is 0 Å². The van der Waals surface area contributed by atoms with E-state index in [4.69, 9.17) is 17.3 Å². The lowest BCUT2D eigenvalue weighted by molar-refractivity contribution is 0.567. The van der Waals surface area contributed by atoms with Crippen LogP contribution in [0.2, 0.25) is 0 Å². The molecule has 0 saturated carbocycles. The fourth-order valence-corrected chi connectivity index (χ4v) is 2.12. The Bertz CT molecular complexity index is 426. The zero-order valence-electron chi connectivity index (χ0n) is 7.20. The molecular formula is C8H5BrClF2IN2. The average molecular weight is 409 g/mol. The number of rotatable bonds is 2. The predicted octanol–water partition coefficient (Wildman–Crippen LogP) is 3.56. The van der Waals surface area contributed by atoms with Crippen molar-refractivity contribution in [3.8, 4) is 0 Å². The lowest BCUT2D eigenvalue weighted by Crippen LogP contribution is -2.12. The van der Waals surface area contributed by atoms with E-state index in [0.29, 0.717) is 0 Å². The summed E-state index contributed by atoms with van der Waals surface area (Å²) in [6.07, 6.45) is 0. The summed E-state index contributed by atoms with van der Waals surface area (Å²) < 4.78 is 26.5. The van der Waals surface area contributed by atoms with E-state index in [1.54, 1.807) is 22.6 Å². The maximum atomic E-state index is 13.4. The fourth-order valence-electron chi connectivity index (χ4n) is 0.826. The van der Waals surface area contributed by atoms with Crippen molar-refractivity contribution in [1.82, 2.24) is 0 Å². The number of benzene rings is 1. The predicted molar refractivity (Wildman–Crippen MR) is 68.8 cm³/mol. The van der Waals surface area contributed by atoms with Crippen molar-refractivity contribution < 1.29 is 8.78 Å². The molecule has 0 heterocycles. The molecule has 15 heavy (non-hydrogen) atoms. The summed E-state index contributed by atoms with van der Waals surface area (Å²) in [5.41, 5.74) is 5.50. The SMILES string of the molecule is NC(CCl)=Nc1cc(F)c(Br)c(F)c1I. The number of hydrogen-bond donors (Lipinski definition) is 1. The summed E-state index contributed by atoms with van der Waals surface area (Å²) >= 11 is 9.92. The van der Waals surface area contributed by atoms with Crippen LogP contribution >= 0.6 is 50.1 Å². The van der Waals surface area contributed by atoms with E-state index >= 15 is 0 Å². The van der Waals surface area contributed by atoms with Crippen LogP contribution in [0.15, 0.2) is 15.5 Å². The second-order valence-electron chi connectivity index (χ2n) is 2.56. The molecule has 0 spiro atoms. The number of halogens is 5. The van der Waals surface area contributed by atoms with Crippen LogP contribution in [0.1, 0.15) is 0 Å². The van der Waals surface area contributed by atoms with Gasteiger partial charge in [0.05, 0.1) is 19.6 Å². The second kappa shape index (κ2) is 5.40. The molecule has 2 nitrogen and oxygen atoms in total. The van der Waals surface area contributed by atoms with Crippen LogP contribution in [0, 0.1) is 15.2 Å². The Kier molecular flexibility index (Phi) is 4.72. The number of aliphatic imine (C=N–C) groups is 1. The third kappa shape index (κ3) is 3.01. The number of nitrogens with two attached hydrogens (primary N) is 1. The molecule has 0 aliphatic carbocycles. The van der Waals surface area contributed by atoms with Crippen molar-refractivity contribution in [2.75, 3.05) is 5.88 Å². The minimum Gasteiger partial charge on any atom is -0.386 e. The Morgan fingerprint density at radius 1 is 1.60 bits per heavy atom. The van der Waals surface area contributed by atoms with Gasteiger partial charge in [0, 0.05) is 6.07 Å². The second-order valence-corrected chi connectivity index (χ2v) is 4.70. The van der Waals surface area contributed by atoms with Gasteiger partial charge in [-0.25, -0.2) is 13.8 Å². The van der Waals surface area contributed by atoms with Gasteiger partial charge in [-0.15, -0.1) is 11.6 Å². The van der Waals surface area contributed by atoms with Crippen LogP contribution in [0.4, 0.5) is 14.5 Å². The molecule has 0 bridgehead atoms. The van der Waals surface area contributed by atoms with E-state index in [1.165, 1.54) is 0 Å². The molecule has 0 aliphatic heterocycles. The van der Waals surface area contributed by atoms with Crippen molar-refractivity contribution in [3.05, 3.63) is 25.7 Å². The first-order valence-electron chi connectivity index (χ1n) is 3.69. The number of alkyl halides is 1. The van der Waals surface area contributed by atoms with E-state index < -0.39 is 11.6 Å². The van der Waals surface area contributed by atoms with E-state index in [-0.39, 0.29) is 25.4 Å². The Labute approximate surface area is 112 Å². The Hall–Kier alpha value is 0.0500. The first kappa shape index (κ1) is 13.1. The normalized spacial score (nSPS) is 11.9. The topological polar surface area (TPSA) is 38.4 Å². The molecule has 0 radical (unpaired) electrons. The lowest BCUT2D eigenvalue weighted by atomic mass is 10.3. The summed E-state index contributed by atoms with van der Waals surface area (Å²) in [6, 6.07) is 1.09. The highest BCUT2D eigenvalue weighted by atomic mass is 127. The van der Waals surface area contributed by atoms with Gasteiger partial charge in [-0.1, -0.05) is 0 Å². The van der Waals surface area contributed by atoms with Gasteiger partial charge in [-0.3, -0.25) is 0 Å². The zero-order chi connectivity index (χ0) is 11.6. The van der Waals surface area contributed by atoms with E-state index in [0.717, 1.165) is 6.07 Å². The van der Waals surface area contributed by atoms with Crippen LogP contribution in [-0.2, 0) is 0 Å². The summed E-state index contributed by atoms with van der Waals surface area (Å²) in [4.78, 5) is 3.79. The highest BCUT2D eigenvalue weighted by Crippen LogP contribution is 2.31. The van der Waals surface area contributed by atoms with Gasteiger partial charge >= 0.3 is 0 Å². The molecule has 2 N–H and O–H groups in total. The van der Waals surface area contributed by atoms with Crippen LogP contribution < -0.4 is 5.73 Å². The average Bonchev–Trinajstić information content (AvgIpc) is 2.22. The number of amidine groups is 1. The zero-order valence-corrected chi connectivity index (χ0v) is 11.7. The molecule has 0 amide bonds. The molecule has 7 heteroatoms. The summed E-state index contributed by atoms with van der Waals surface area (Å²) in [5, 5.41) is 0. The molecule has 0 aliphatic rings. The van der Waals surface area contributed by atoms with Crippen molar-refractivity contribution in [3.63, 3.8) is 0 Å². The third-order valence-electron chi connectivity index (χ3n) is 1.48. The molecular weight excluding hydrogens is 404 g/mol. The quantitative estimate of drug-likeness (QED) is 0.199. The van der Waals surface area contributed by atoms with Gasteiger partial charge in [0.1, 0.15) is 11.7 Å². The first-order valence-corrected chi connectivity index (χ1v) is 6.10. The summed E-state index contributed by atoms with van der Waals surface area (Å²) in [5.74, 6) is -1.31. The fraction of sp³-hybridized carbons (Fsp3) is 0.125. The Morgan fingerprint density at radius 3 is 2.73 bits per heavy atom. The van der Waals surface area contributed by atoms with Gasteiger partial charge in [-0.2, -0.15) is 0 Å². The summed E-state index contributed by atoms with van der Waals surface area (Å²) in [7, 11) is 0. The van der Waals surface area contributed by atoms with Gasteiger partial charge in [0.2, 0.25) is 0 Å². The van der Waals surface area contributed by atoms with Gasteiger partial charge < -0.3 is 5.73 Å². The first-order chi connectivity index (χ1) is 6.97. The molecule has 0 atom stereocenters. The molecule has 0 unspecified atom stereocenters. The van der Waals surface area contributed by atoms with Crippen molar-refractivity contribution in [2.24, 2.45) is 10.7 Å². The van der Waals surface area contributed by atoms with Gasteiger partial charge in [0.25, 0.3) is 0 Å². The van der Waals surface area contributed by atoms with E-state index in [9.17, 15) is 8.78 Å². The van der Waals surface area contributed by atoms with Crippen molar-refractivity contribution in [2.45, 2.75) is 0 Å². The van der Waals surface area contributed by atoms with E-state index in [2.05, 4.69) is 20.9 Å². The minimum atomic E-state index is -0.728. The number of nitrogens with zero attached hydrogens (tertiary/aromatic N) is 1. The number of hydrogen-bond acceptors (Lipinski definition) is 1. The van der Waals surface area contributed by atoms with E-state index in [1.807, 2.05) is 0 Å². The molecule has 1 aromatic rings. The molecule has 1 aromatic carbocycles. The molecule has 0 fully saturated rings. The monoisotopic (exact) mass is 408 g/mol. The van der Waals surface area contributed by atoms with Crippen LogP contribution in [-0.4, -0.2) is 11.7 Å². The molecule has 1 rings (SSSR count). The standard InChI is InChI=1S/C8H5BrClF2IN2/c9-6-3(11)1-4(8(13)7(6)12)15-5(14)2-10/h1H,2H2,(H2,14,15). The highest BCUT2D eigenvalue weighted by Gasteiger charge is 2.14. The minimum absolute atomic E-state index is 0.00931. The van der Waals surface area contributed by atoms with Crippen molar-refractivity contribution >= 4 is 61.6 Å². The van der Waals surface area contributed by atoms with Gasteiger partial charge in [-0.05, 0) is 38.5 Å². The van der Waals surface area contributed by atoms with Crippen LogP contribution in [0.5, 0.6) is 0 Å². The maximum absolute atomic E-state index is 13.4. The highest BCUT2D eigenvalue weighted by molar-refractivity contribution is 14.1. The molecule has 0 saturated heterocycles. The Balaban J connectivity index is 3.33. The summed E-state index contributed by atoms with van der Waals surface area (Å²) in [6.45, 7) is 0. The molecule has 82 valence electrons. The van der Waals surface area contributed by atoms with Gasteiger partial charge in [0.15, 0.2) is 5.82 Å². The molecule has 0 aromatic heterocycles. The Morgan fingerprint density at radius 2 is 2.20 bits per heavy atom. The smallest absolute Gasteiger partial charge is 0.155 e. The van der Waals surface area contributed by atoms with Crippen molar-refractivity contribution in [1.29, 1.82) is 0 Å². The lowest BCUT2D eigenvalue weighted by Gasteiger charge is -2.04. The third-order valence-corrected chi connectivity index (χ3v) is 3.51.